The molecule has 1 aromatic carbocycles. The standard InChI is InChI=1S/C21H20ClF2N5O3/c1-4-7-31-17-10-26-16(9-27-17)18(30)28-13-5-6-15(22)14(8-13)21(19(23)24)11(2)12(3)32-20(25)29-21/h1,5-6,8-12,19H,7H2,2-3H3,(H2,25,29)(H,28,30)/t11-,12+,21-/m1/s1. The molecule has 11 heteroatoms. The molecule has 2 aromatic rings. The number of aromatic nitrogens is 2. The fourth-order valence-corrected chi connectivity index (χ4v) is 3.63. The molecule has 1 amide bonds. The molecule has 0 radical (unpaired) electrons. The molecule has 2 heterocycles. The van der Waals surface area contributed by atoms with Crippen molar-refractivity contribution in [2.24, 2.45) is 16.6 Å². The van der Waals surface area contributed by atoms with Crippen molar-refractivity contribution in [2.75, 3.05) is 11.9 Å². The van der Waals surface area contributed by atoms with Gasteiger partial charge in [-0.15, -0.1) is 6.42 Å². The van der Waals surface area contributed by atoms with E-state index in [0.29, 0.717) is 0 Å². The number of anilines is 1. The molecule has 0 bridgehead atoms. The second kappa shape index (κ2) is 9.36. The topological polar surface area (TPSA) is 112 Å². The summed E-state index contributed by atoms with van der Waals surface area (Å²) in [5.74, 6) is 1.06. The Kier molecular flexibility index (Phi) is 6.79. The fraction of sp³-hybridized carbons (Fsp3) is 0.333. The monoisotopic (exact) mass is 463 g/mol. The minimum Gasteiger partial charge on any atom is -0.463 e. The highest BCUT2D eigenvalue weighted by Crippen LogP contribution is 2.47. The molecule has 0 spiro atoms. The Hall–Kier alpha value is -3.45. The summed E-state index contributed by atoms with van der Waals surface area (Å²) in [6.07, 6.45) is 3.97. The van der Waals surface area contributed by atoms with Crippen LogP contribution in [0.25, 0.3) is 0 Å². The van der Waals surface area contributed by atoms with Gasteiger partial charge in [-0.3, -0.25) is 4.79 Å². The summed E-state index contributed by atoms with van der Waals surface area (Å²) < 4.78 is 39.2. The van der Waals surface area contributed by atoms with E-state index in [1.54, 1.807) is 13.8 Å². The van der Waals surface area contributed by atoms with Gasteiger partial charge in [-0.05, 0) is 25.1 Å². The van der Waals surface area contributed by atoms with Crippen LogP contribution in [0.5, 0.6) is 5.88 Å². The number of rotatable bonds is 6. The lowest BCUT2D eigenvalue weighted by Gasteiger charge is -2.42. The van der Waals surface area contributed by atoms with Crippen molar-refractivity contribution >= 4 is 29.2 Å². The lowest BCUT2D eigenvalue weighted by atomic mass is 9.76. The first-order valence-corrected chi connectivity index (χ1v) is 9.86. The van der Waals surface area contributed by atoms with Crippen molar-refractivity contribution in [1.82, 2.24) is 9.97 Å². The first kappa shape index (κ1) is 23.2. The maximum atomic E-state index is 14.4. The van der Waals surface area contributed by atoms with E-state index in [1.165, 1.54) is 30.6 Å². The number of aliphatic imine (C=N–C) groups is 1. The first-order chi connectivity index (χ1) is 15.2. The quantitative estimate of drug-likeness (QED) is 0.636. The van der Waals surface area contributed by atoms with E-state index in [1.807, 2.05) is 0 Å². The van der Waals surface area contributed by atoms with Crippen LogP contribution in [0, 0.1) is 18.3 Å². The predicted octanol–water partition coefficient (Wildman–Crippen LogP) is 3.22. The number of nitrogens with zero attached hydrogens (tertiary/aromatic N) is 3. The summed E-state index contributed by atoms with van der Waals surface area (Å²) in [6.45, 7) is 3.21. The molecule has 32 heavy (non-hydrogen) atoms. The third kappa shape index (κ3) is 4.43. The zero-order valence-electron chi connectivity index (χ0n) is 17.2. The SMILES string of the molecule is C#CCOc1cnc(C(=O)Nc2ccc(Cl)c([C@]3(C(F)F)N=C(N)O[C@@H](C)[C@H]3C)c2)cn1. The van der Waals surface area contributed by atoms with Crippen LogP contribution in [0.1, 0.15) is 29.9 Å². The average molecular weight is 464 g/mol. The summed E-state index contributed by atoms with van der Waals surface area (Å²) in [6, 6.07) is 3.86. The number of ether oxygens (including phenoxy) is 2. The highest BCUT2D eigenvalue weighted by Gasteiger charge is 2.53. The van der Waals surface area contributed by atoms with Crippen LogP contribution in [-0.4, -0.2) is 41.0 Å². The molecule has 0 fully saturated rings. The Morgan fingerprint density at radius 1 is 1.41 bits per heavy atom. The van der Waals surface area contributed by atoms with Crippen LogP contribution < -0.4 is 15.8 Å². The predicted molar refractivity (Wildman–Crippen MR) is 115 cm³/mol. The minimum atomic E-state index is -2.94. The van der Waals surface area contributed by atoms with Crippen molar-refractivity contribution in [2.45, 2.75) is 31.9 Å². The van der Waals surface area contributed by atoms with E-state index >= 15 is 0 Å². The highest BCUT2D eigenvalue weighted by atomic mass is 35.5. The third-order valence-corrected chi connectivity index (χ3v) is 5.48. The number of hydrogen-bond donors (Lipinski definition) is 2. The van der Waals surface area contributed by atoms with Crippen LogP contribution in [0.3, 0.4) is 0 Å². The maximum Gasteiger partial charge on any atom is 0.283 e. The number of alkyl halides is 2. The van der Waals surface area contributed by atoms with Gasteiger partial charge >= 0.3 is 0 Å². The number of carbonyl (C=O) groups is 1. The smallest absolute Gasteiger partial charge is 0.283 e. The minimum absolute atomic E-state index is 0.00867. The van der Waals surface area contributed by atoms with Crippen LogP contribution in [0.15, 0.2) is 35.6 Å². The summed E-state index contributed by atoms with van der Waals surface area (Å²) in [7, 11) is 0. The Morgan fingerprint density at radius 2 is 2.16 bits per heavy atom. The first-order valence-electron chi connectivity index (χ1n) is 9.48. The Balaban J connectivity index is 1.92. The number of hydrogen-bond acceptors (Lipinski definition) is 7. The van der Waals surface area contributed by atoms with Gasteiger partial charge in [-0.1, -0.05) is 24.4 Å². The number of benzene rings is 1. The van der Waals surface area contributed by atoms with Crippen molar-refractivity contribution < 1.29 is 23.0 Å². The van der Waals surface area contributed by atoms with E-state index in [2.05, 4.69) is 26.2 Å². The highest BCUT2D eigenvalue weighted by molar-refractivity contribution is 6.31. The Bertz CT molecular complexity index is 1070. The normalized spacial score (nSPS) is 22.5. The molecule has 8 nitrogen and oxygen atoms in total. The van der Waals surface area contributed by atoms with Crippen LogP contribution in [0.2, 0.25) is 5.02 Å². The molecule has 3 atom stereocenters. The van der Waals surface area contributed by atoms with Crippen molar-refractivity contribution in [3.8, 4) is 18.2 Å². The summed E-state index contributed by atoms with van der Waals surface area (Å²) in [5, 5.41) is 2.64. The number of amidine groups is 1. The third-order valence-electron chi connectivity index (χ3n) is 5.15. The number of nitrogens with two attached hydrogens (primary N) is 1. The Morgan fingerprint density at radius 3 is 2.78 bits per heavy atom. The van der Waals surface area contributed by atoms with E-state index in [9.17, 15) is 13.6 Å². The van der Waals surface area contributed by atoms with E-state index in [4.69, 9.17) is 33.2 Å². The Labute approximate surface area is 188 Å². The molecule has 3 rings (SSSR count). The van der Waals surface area contributed by atoms with Crippen LogP contribution in [0.4, 0.5) is 14.5 Å². The largest absolute Gasteiger partial charge is 0.463 e. The molecule has 1 aliphatic rings. The molecule has 0 aliphatic carbocycles. The van der Waals surface area contributed by atoms with Crippen molar-refractivity contribution in [3.63, 3.8) is 0 Å². The number of amides is 1. The molecular formula is C21H20ClF2N5O3. The molecule has 3 N–H and O–H groups in total. The molecule has 0 unspecified atom stereocenters. The maximum absolute atomic E-state index is 14.4. The number of halogens is 3. The molecule has 168 valence electrons. The second-order valence-corrected chi connectivity index (χ2v) is 7.48. The van der Waals surface area contributed by atoms with Crippen molar-refractivity contribution in [1.29, 1.82) is 0 Å². The van der Waals surface area contributed by atoms with Gasteiger partial charge in [0.1, 0.15) is 11.8 Å². The molecule has 0 saturated carbocycles. The molecule has 1 aliphatic heterocycles. The van der Waals surface area contributed by atoms with Gasteiger partial charge in [-0.25, -0.2) is 23.7 Å². The second-order valence-electron chi connectivity index (χ2n) is 7.07. The summed E-state index contributed by atoms with van der Waals surface area (Å²) in [5.41, 5.74) is 3.83. The molecule has 0 saturated heterocycles. The van der Waals surface area contributed by atoms with Gasteiger partial charge < -0.3 is 20.5 Å². The van der Waals surface area contributed by atoms with E-state index < -0.39 is 29.9 Å². The number of terminal acetylenes is 1. The summed E-state index contributed by atoms with van der Waals surface area (Å²) in [4.78, 5) is 24.4. The van der Waals surface area contributed by atoms with Gasteiger partial charge in [0.15, 0.2) is 12.1 Å². The van der Waals surface area contributed by atoms with Gasteiger partial charge in [0.2, 0.25) is 5.88 Å². The molecule has 1 aromatic heterocycles. The van der Waals surface area contributed by atoms with Gasteiger partial charge in [0.25, 0.3) is 18.4 Å². The zero-order chi connectivity index (χ0) is 23.5. The number of carbonyl (C=O) groups excluding carboxylic acids is 1. The summed E-state index contributed by atoms with van der Waals surface area (Å²) >= 11 is 6.29. The zero-order valence-corrected chi connectivity index (χ0v) is 17.9. The van der Waals surface area contributed by atoms with E-state index in [0.717, 1.165) is 0 Å². The van der Waals surface area contributed by atoms with Crippen LogP contribution >= 0.6 is 11.6 Å². The average Bonchev–Trinajstić information content (AvgIpc) is 2.76. The number of nitrogens with one attached hydrogen (secondary N) is 1. The molecular weight excluding hydrogens is 444 g/mol. The van der Waals surface area contributed by atoms with Gasteiger partial charge in [0.05, 0.1) is 12.4 Å². The van der Waals surface area contributed by atoms with Gasteiger partial charge in [0, 0.05) is 22.2 Å². The van der Waals surface area contributed by atoms with Crippen molar-refractivity contribution in [3.05, 3.63) is 46.9 Å². The van der Waals surface area contributed by atoms with Crippen LogP contribution in [-0.2, 0) is 10.3 Å². The lowest BCUT2D eigenvalue weighted by Crippen LogP contribution is -2.51. The fourth-order valence-electron chi connectivity index (χ4n) is 3.36. The van der Waals surface area contributed by atoms with Gasteiger partial charge in [-0.2, -0.15) is 0 Å². The van der Waals surface area contributed by atoms with E-state index in [-0.39, 0.29) is 40.5 Å². The lowest BCUT2D eigenvalue weighted by molar-refractivity contribution is -0.0347.